The van der Waals surface area contributed by atoms with Gasteiger partial charge in [0, 0.05) is 31.7 Å². The smallest absolute Gasteiger partial charge is 0.0250 e. The normalized spacial score (nSPS) is 31.8. The summed E-state index contributed by atoms with van der Waals surface area (Å²) in [6, 6.07) is 1.46. The van der Waals surface area contributed by atoms with Crippen LogP contribution in [0.1, 0.15) is 59.3 Å². The Balaban J connectivity index is 1.96. The highest BCUT2D eigenvalue weighted by atomic mass is 15.2. The van der Waals surface area contributed by atoms with Crippen LogP contribution in [0.5, 0.6) is 0 Å². The predicted octanol–water partition coefficient (Wildman–Crippen LogP) is 3.83. The van der Waals surface area contributed by atoms with E-state index in [0.717, 1.165) is 30.5 Å². The van der Waals surface area contributed by atoms with Crippen LogP contribution in [0, 0.1) is 11.8 Å². The lowest BCUT2D eigenvalue weighted by atomic mass is 9.82. The summed E-state index contributed by atoms with van der Waals surface area (Å²) in [6.45, 7) is 10.5. The van der Waals surface area contributed by atoms with Gasteiger partial charge in [0.2, 0.25) is 0 Å². The second kappa shape index (κ2) is 8.19. The quantitative estimate of drug-likeness (QED) is 0.769. The molecule has 2 nitrogen and oxygen atoms in total. The maximum Gasteiger partial charge on any atom is 0.0250 e. The van der Waals surface area contributed by atoms with E-state index in [1.165, 1.54) is 51.6 Å². The molecule has 1 saturated heterocycles. The molecule has 0 bridgehead atoms. The van der Waals surface area contributed by atoms with E-state index in [-0.39, 0.29) is 0 Å². The highest BCUT2D eigenvalue weighted by molar-refractivity contribution is 4.95. The predicted molar refractivity (Wildman–Crippen MR) is 88.0 cm³/mol. The lowest BCUT2D eigenvalue weighted by molar-refractivity contribution is 0.0767. The van der Waals surface area contributed by atoms with Gasteiger partial charge in [-0.15, -0.1) is 0 Å². The minimum atomic E-state index is 0.719. The summed E-state index contributed by atoms with van der Waals surface area (Å²) in [4.78, 5) is 2.74. The van der Waals surface area contributed by atoms with Crippen LogP contribution in [0.2, 0.25) is 0 Å². The van der Waals surface area contributed by atoms with Crippen LogP contribution in [0.15, 0.2) is 12.2 Å². The van der Waals surface area contributed by atoms with Crippen molar-refractivity contribution < 1.29 is 0 Å². The first kappa shape index (κ1) is 16.0. The molecule has 1 aliphatic carbocycles. The van der Waals surface area contributed by atoms with Crippen LogP contribution in [0.3, 0.4) is 0 Å². The Morgan fingerprint density at radius 3 is 2.65 bits per heavy atom. The van der Waals surface area contributed by atoms with E-state index in [2.05, 4.69) is 43.1 Å². The van der Waals surface area contributed by atoms with Gasteiger partial charge in [0.05, 0.1) is 0 Å². The van der Waals surface area contributed by atoms with E-state index in [1.54, 1.807) is 0 Å². The van der Waals surface area contributed by atoms with Crippen molar-refractivity contribution in [3.63, 3.8) is 0 Å². The summed E-state index contributed by atoms with van der Waals surface area (Å²) in [6.07, 6.45) is 13.1. The third-order valence-corrected chi connectivity index (χ3v) is 5.58. The zero-order valence-electron chi connectivity index (χ0n) is 13.8. The van der Waals surface area contributed by atoms with Crippen molar-refractivity contribution in [1.29, 1.82) is 0 Å². The largest absolute Gasteiger partial charge is 0.311 e. The van der Waals surface area contributed by atoms with Crippen LogP contribution in [0.4, 0.5) is 0 Å². The van der Waals surface area contributed by atoms with E-state index in [1.807, 2.05) is 0 Å². The summed E-state index contributed by atoms with van der Waals surface area (Å²) < 4.78 is 0. The maximum absolute atomic E-state index is 3.89. The van der Waals surface area contributed by atoms with Gasteiger partial charge in [-0.3, -0.25) is 4.90 Å². The van der Waals surface area contributed by atoms with Crippen molar-refractivity contribution in [2.75, 3.05) is 19.6 Å². The second-order valence-electron chi connectivity index (χ2n) is 6.89. The molecule has 116 valence electrons. The van der Waals surface area contributed by atoms with Crippen molar-refractivity contribution >= 4 is 0 Å². The minimum Gasteiger partial charge on any atom is -0.311 e. The zero-order valence-corrected chi connectivity index (χ0v) is 13.8. The van der Waals surface area contributed by atoms with Crippen LogP contribution in [-0.2, 0) is 0 Å². The average molecular weight is 278 g/mol. The number of rotatable bonds is 5. The van der Waals surface area contributed by atoms with Gasteiger partial charge in [-0.2, -0.15) is 0 Å². The Labute approximate surface area is 126 Å². The van der Waals surface area contributed by atoms with Crippen molar-refractivity contribution in [1.82, 2.24) is 10.2 Å². The molecule has 1 N–H and O–H groups in total. The van der Waals surface area contributed by atoms with Crippen LogP contribution >= 0.6 is 0 Å². The lowest BCUT2D eigenvalue weighted by Gasteiger charge is -2.45. The first-order valence-electron chi connectivity index (χ1n) is 8.84. The molecular formula is C18H34N2. The number of hydrogen-bond acceptors (Lipinski definition) is 2. The van der Waals surface area contributed by atoms with E-state index in [9.17, 15) is 0 Å². The van der Waals surface area contributed by atoms with E-state index < -0.39 is 0 Å². The number of nitrogens with one attached hydrogen (secondary N) is 1. The van der Waals surface area contributed by atoms with Gasteiger partial charge in [-0.05, 0) is 31.6 Å². The molecule has 3 unspecified atom stereocenters. The molecular weight excluding hydrogens is 244 g/mol. The number of piperazine rings is 1. The Hall–Kier alpha value is -0.340. The van der Waals surface area contributed by atoms with Gasteiger partial charge in [-0.25, -0.2) is 0 Å². The Kier molecular flexibility index (Phi) is 6.57. The lowest BCUT2D eigenvalue weighted by Crippen LogP contribution is -2.60. The molecule has 2 heteroatoms. The number of hydrogen-bond donors (Lipinski definition) is 1. The van der Waals surface area contributed by atoms with Gasteiger partial charge >= 0.3 is 0 Å². The number of allylic oxidation sites excluding steroid dienone is 1. The third-order valence-electron chi connectivity index (χ3n) is 5.58. The van der Waals surface area contributed by atoms with Gasteiger partial charge in [0.25, 0.3) is 0 Å². The van der Waals surface area contributed by atoms with Gasteiger partial charge in [0.1, 0.15) is 0 Å². The summed E-state index contributed by atoms with van der Waals surface area (Å²) in [7, 11) is 0. The summed E-state index contributed by atoms with van der Waals surface area (Å²) in [5.74, 6) is 1.72. The molecule has 20 heavy (non-hydrogen) atoms. The Morgan fingerprint density at radius 2 is 2.00 bits per heavy atom. The maximum atomic E-state index is 3.89. The highest BCUT2D eigenvalue weighted by Crippen LogP contribution is 2.29. The summed E-state index contributed by atoms with van der Waals surface area (Å²) in [5, 5.41) is 3.89. The van der Waals surface area contributed by atoms with E-state index in [0.29, 0.717) is 0 Å². The van der Waals surface area contributed by atoms with Crippen molar-refractivity contribution in [3.8, 4) is 0 Å². The first-order chi connectivity index (χ1) is 9.76. The van der Waals surface area contributed by atoms with Gasteiger partial charge < -0.3 is 5.32 Å². The van der Waals surface area contributed by atoms with Crippen LogP contribution in [-0.4, -0.2) is 36.6 Å². The molecule has 1 heterocycles. The molecule has 2 aliphatic rings. The van der Waals surface area contributed by atoms with E-state index >= 15 is 0 Å². The fourth-order valence-electron chi connectivity index (χ4n) is 3.99. The minimum absolute atomic E-state index is 0.719. The second-order valence-corrected chi connectivity index (χ2v) is 6.89. The van der Waals surface area contributed by atoms with Crippen LogP contribution in [0.25, 0.3) is 0 Å². The molecule has 0 spiro atoms. The fraction of sp³-hybridized carbons (Fsp3) is 0.889. The summed E-state index contributed by atoms with van der Waals surface area (Å²) >= 11 is 0. The van der Waals surface area contributed by atoms with Crippen molar-refractivity contribution in [3.05, 3.63) is 12.2 Å². The third kappa shape index (κ3) is 4.08. The number of nitrogens with zero attached hydrogens (tertiary/aromatic N) is 1. The summed E-state index contributed by atoms with van der Waals surface area (Å²) in [5.41, 5.74) is 0. The SMILES string of the molecule is C/C=C/CN1CC(C2CCCCC2)NCC1C(C)CC. The van der Waals surface area contributed by atoms with Gasteiger partial charge in [-0.1, -0.05) is 51.7 Å². The van der Waals surface area contributed by atoms with Crippen molar-refractivity contribution in [2.45, 2.75) is 71.4 Å². The topological polar surface area (TPSA) is 15.3 Å². The molecule has 2 rings (SSSR count). The molecule has 1 saturated carbocycles. The monoisotopic (exact) mass is 278 g/mol. The zero-order chi connectivity index (χ0) is 14.4. The molecule has 0 aromatic rings. The first-order valence-corrected chi connectivity index (χ1v) is 8.84. The average Bonchev–Trinajstić information content (AvgIpc) is 2.52. The highest BCUT2D eigenvalue weighted by Gasteiger charge is 2.33. The fourth-order valence-corrected chi connectivity index (χ4v) is 3.99. The standard InChI is InChI=1S/C18H34N2/c1-4-6-12-20-14-17(16-10-8-7-9-11-16)19-13-18(20)15(3)5-2/h4,6,15-19H,5,7-14H2,1-3H3/b6-4+. The van der Waals surface area contributed by atoms with Gasteiger partial charge in [0.15, 0.2) is 0 Å². The Morgan fingerprint density at radius 1 is 1.25 bits per heavy atom. The van der Waals surface area contributed by atoms with E-state index in [4.69, 9.17) is 0 Å². The molecule has 0 aromatic heterocycles. The van der Waals surface area contributed by atoms with Crippen molar-refractivity contribution in [2.24, 2.45) is 11.8 Å². The van der Waals surface area contributed by atoms with Crippen LogP contribution < -0.4 is 5.32 Å². The molecule has 0 aromatic carbocycles. The molecule has 2 fully saturated rings. The Bertz CT molecular complexity index is 294. The molecule has 1 aliphatic heterocycles. The molecule has 0 amide bonds. The molecule has 3 atom stereocenters. The molecule has 0 radical (unpaired) electrons.